The summed E-state index contributed by atoms with van der Waals surface area (Å²) in [7, 11) is 0. The predicted molar refractivity (Wildman–Crippen MR) is 77.9 cm³/mol. The van der Waals surface area contributed by atoms with Crippen molar-refractivity contribution in [3.63, 3.8) is 0 Å². The molecule has 1 N–H and O–H groups in total. The number of aryl methyl sites for hydroxylation is 2. The highest BCUT2D eigenvalue weighted by molar-refractivity contribution is 5.76. The van der Waals surface area contributed by atoms with Gasteiger partial charge in [0.15, 0.2) is 0 Å². The van der Waals surface area contributed by atoms with Crippen LogP contribution in [0.2, 0.25) is 0 Å². The lowest BCUT2D eigenvalue weighted by Gasteiger charge is -2.25. The highest BCUT2D eigenvalue weighted by atomic mass is 16.5. The number of amides is 1. The fourth-order valence-corrected chi connectivity index (χ4v) is 3.23. The van der Waals surface area contributed by atoms with Gasteiger partial charge in [-0.3, -0.25) is 4.79 Å². The molecule has 0 aliphatic carbocycles. The standard InChI is InChI=1S/C15H24N4O2/c1-2-13-17-18-14-7-5-11(10-19(13)14)16-15(20)8-6-12-4-3-9-21-12/h11-12H,2-10H2,1H3,(H,16,20)/t11-,12+/m1/s1. The molecule has 0 saturated carbocycles. The zero-order chi connectivity index (χ0) is 14.7. The minimum atomic E-state index is 0.144. The summed E-state index contributed by atoms with van der Waals surface area (Å²) in [4.78, 5) is 12.1. The number of carbonyl (C=O) groups excluding carboxylic acids is 1. The van der Waals surface area contributed by atoms with Gasteiger partial charge in [-0.1, -0.05) is 6.92 Å². The Morgan fingerprint density at radius 3 is 3.10 bits per heavy atom. The molecule has 6 heteroatoms. The van der Waals surface area contributed by atoms with Gasteiger partial charge in [0.25, 0.3) is 0 Å². The second kappa shape index (κ2) is 6.56. The van der Waals surface area contributed by atoms with Crippen molar-refractivity contribution < 1.29 is 9.53 Å². The Morgan fingerprint density at radius 2 is 2.33 bits per heavy atom. The molecule has 3 rings (SSSR count). The topological polar surface area (TPSA) is 69.0 Å². The van der Waals surface area contributed by atoms with E-state index in [-0.39, 0.29) is 11.9 Å². The molecule has 3 heterocycles. The molecule has 0 unspecified atom stereocenters. The summed E-state index contributed by atoms with van der Waals surface area (Å²) < 4.78 is 7.72. The van der Waals surface area contributed by atoms with Crippen LogP contribution in [-0.2, 0) is 28.9 Å². The van der Waals surface area contributed by atoms with Crippen molar-refractivity contribution in [2.75, 3.05) is 6.61 Å². The van der Waals surface area contributed by atoms with Crippen molar-refractivity contribution in [1.29, 1.82) is 0 Å². The lowest BCUT2D eigenvalue weighted by molar-refractivity contribution is -0.122. The lowest BCUT2D eigenvalue weighted by Crippen LogP contribution is -2.41. The number of rotatable bonds is 5. The quantitative estimate of drug-likeness (QED) is 0.886. The Labute approximate surface area is 125 Å². The van der Waals surface area contributed by atoms with Gasteiger partial charge in [0.2, 0.25) is 5.91 Å². The molecule has 1 aromatic rings. The van der Waals surface area contributed by atoms with E-state index in [2.05, 4.69) is 27.0 Å². The molecule has 2 aliphatic heterocycles. The molecule has 6 nitrogen and oxygen atoms in total. The number of ether oxygens (including phenoxy) is 1. The Balaban J connectivity index is 1.48. The summed E-state index contributed by atoms with van der Waals surface area (Å²) in [6.45, 7) is 3.74. The van der Waals surface area contributed by atoms with Crippen LogP contribution in [0.15, 0.2) is 0 Å². The maximum atomic E-state index is 12.1. The lowest BCUT2D eigenvalue weighted by atomic mass is 10.1. The molecule has 1 saturated heterocycles. The summed E-state index contributed by atoms with van der Waals surface area (Å²) in [5.74, 6) is 2.21. The van der Waals surface area contributed by atoms with Crippen molar-refractivity contribution >= 4 is 5.91 Å². The van der Waals surface area contributed by atoms with Crippen LogP contribution < -0.4 is 5.32 Å². The minimum Gasteiger partial charge on any atom is -0.378 e. The van der Waals surface area contributed by atoms with E-state index >= 15 is 0 Å². The molecule has 21 heavy (non-hydrogen) atoms. The SMILES string of the molecule is CCc1nnc2n1C[C@H](NC(=O)CC[C@@H]1CCCO1)CC2. The van der Waals surface area contributed by atoms with E-state index in [4.69, 9.17) is 4.74 Å². The number of nitrogens with one attached hydrogen (secondary N) is 1. The monoisotopic (exact) mass is 292 g/mol. The zero-order valence-electron chi connectivity index (χ0n) is 12.7. The first-order valence-corrected chi connectivity index (χ1v) is 8.08. The van der Waals surface area contributed by atoms with Crippen molar-refractivity contribution in [2.45, 2.75) is 70.6 Å². The van der Waals surface area contributed by atoms with Crippen LogP contribution in [0.25, 0.3) is 0 Å². The molecule has 1 fully saturated rings. The van der Waals surface area contributed by atoms with Crippen LogP contribution in [0.3, 0.4) is 0 Å². The van der Waals surface area contributed by atoms with E-state index in [1.165, 1.54) is 0 Å². The zero-order valence-corrected chi connectivity index (χ0v) is 12.7. The van der Waals surface area contributed by atoms with Gasteiger partial charge in [-0.25, -0.2) is 0 Å². The predicted octanol–water partition coefficient (Wildman–Crippen LogP) is 1.23. The van der Waals surface area contributed by atoms with Gasteiger partial charge in [0.1, 0.15) is 11.6 Å². The summed E-state index contributed by atoms with van der Waals surface area (Å²) in [5.41, 5.74) is 0. The van der Waals surface area contributed by atoms with E-state index in [9.17, 15) is 4.79 Å². The van der Waals surface area contributed by atoms with Crippen LogP contribution in [-0.4, -0.2) is 39.4 Å². The van der Waals surface area contributed by atoms with Crippen LogP contribution >= 0.6 is 0 Å². The Hall–Kier alpha value is -1.43. The van der Waals surface area contributed by atoms with Crippen molar-refractivity contribution in [1.82, 2.24) is 20.1 Å². The first-order valence-electron chi connectivity index (χ1n) is 8.08. The summed E-state index contributed by atoms with van der Waals surface area (Å²) in [6, 6.07) is 0.204. The second-order valence-corrected chi connectivity index (χ2v) is 5.97. The summed E-state index contributed by atoms with van der Waals surface area (Å²) in [6.07, 6.45) is 6.65. The molecule has 0 bridgehead atoms. The molecule has 2 atom stereocenters. The van der Waals surface area contributed by atoms with Crippen molar-refractivity contribution in [3.05, 3.63) is 11.6 Å². The molecule has 0 radical (unpaired) electrons. The third-order valence-corrected chi connectivity index (χ3v) is 4.42. The molecule has 1 amide bonds. The number of hydrogen-bond donors (Lipinski definition) is 1. The van der Waals surface area contributed by atoms with E-state index in [0.717, 1.165) is 63.3 Å². The Bertz CT molecular complexity index is 480. The molecule has 1 aromatic heterocycles. The summed E-state index contributed by atoms with van der Waals surface area (Å²) in [5, 5.41) is 11.6. The Morgan fingerprint density at radius 1 is 1.43 bits per heavy atom. The number of nitrogens with zero attached hydrogens (tertiary/aromatic N) is 3. The molecular weight excluding hydrogens is 268 g/mol. The van der Waals surface area contributed by atoms with Gasteiger partial charge < -0.3 is 14.6 Å². The highest BCUT2D eigenvalue weighted by Crippen LogP contribution is 2.18. The second-order valence-electron chi connectivity index (χ2n) is 5.97. The van der Waals surface area contributed by atoms with Crippen LogP contribution in [0.1, 0.15) is 50.7 Å². The van der Waals surface area contributed by atoms with E-state index in [1.54, 1.807) is 0 Å². The number of hydrogen-bond acceptors (Lipinski definition) is 4. The fraction of sp³-hybridized carbons (Fsp3) is 0.800. The van der Waals surface area contributed by atoms with Crippen LogP contribution in [0.5, 0.6) is 0 Å². The smallest absolute Gasteiger partial charge is 0.220 e. The van der Waals surface area contributed by atoms with E-state index < -0.39 is 0 Å². The highest BCUT2D eigenvalue weighted by Gasteiger charge is 2.24. The maximum absolute atomic E-state index is 12.1. The van der Waals surface area contributed by atoms with Gasteiger partial charge in [-0.05, 0) is 25.7 Å². The summed E-state index contributed by atoms with van der Waals surface area (Å²) >= 11 is 0. The minimum absolute atomic E-state index is 0.144. The number of carbonyl (C=O) groups is 1. The first-order chi connectivity index (χ1) is 10.3. The van der Waals surface area contributed by atoms with Gasteiger partial charge in [-0.15, -0.1) is 10.2 Å². The van der Waals surface area contributed by atoms with Crippen LogP contribution in [0.4, 0.5) is 0 Å². The average molecular weight is 292 g/mol. The average Bonchev–Trinajstić information content (AvgIpc) is 3.14. The maximum Gasteiger partial charge on any atom is 0.220 e. The first kappa shape index (κ1) is 14.5. The largest absolute Gasteiger partial charge is 0.378 e. The van der Waals surface area contributed by atoms with Gasteiger partial charge in [-0.2, -0.15) is 0 Å². The molecule has 116 valence electrons. The third-order valence-electron chi connectivity index (χ3n) is 4.42. The van der Waals surface area contributed by atoms with Gasteiger partial charge in [0, 0.05) is 38.5 Å². The molecule has 2 aliphatic rings. The van der Waals surface area contributed by atoms with E-state index in [0.29, 0.717) is 12.5 Å². The molecular formula is C15H24N4O2. The Kier molecular flexibility index (Phi) is 4.53. The van der Waals surface area contributed by atoms with Crippen molar-refractivity contribution in [3.8, 4) is 0 Å². The van der Waals surface area contributed by atoms with Gasteiger partial charge >= 0.3 is 0 Å². The van der Waals surface area contributed by atoms with E-state index in [1.807, 2.05) is 0 Å². The molecule has 0 spiro atoms. The van der Waals surface area contributed by atoms with Crippen molar-refractivity contribution in [2.24, 2.45) is 0 Å². The molecule has 0 aromatic carbocycles. The third kappa shape index (κ3) is 3.43. The number of fused-ring (bicyclic) bond motifs is 1. The van der Waals surface area contributed by atoms with Gasteiger partial charge in [0.05, 0.1) is 6.10 Å². The van der Waals surface area contributed by atoms with Crippen LogP contribution in [0, 0.1) is 0 Å². The number of aromatic nitrogens is 3. The fourth-order valence-electron chi connectivity index (χ4n) is 3.23. The normalized spacial score (nSPS) is 24.8.